The smallest absolute Gasteiger partial charge is 0.360 e. The molecule has 6 heterocycles. The molecule has 548 valence electrons. The molecule has 3 aliphatic heterocycles. The minimum atomic E-state index is -4.48. The van der Waals surface area contributed by atoms with Gasteiger partial charge in [0.2, 0.25) is 5.88 Å². The first kappa shape index (κ1) is 77.9. The van der Waals surface area contributed by atoms with E-state index < -0.39 is 70.8 Å². The maximum Gasteiger partial charge on any atom is 0.360 e. The van der Waals surface area contributed by atoms with Crippen molar-refractivity contribution in [1.29, 1.82) is 0 Å². The van der Waals surface area contributed by atoms with Gasteiger partial charge in [-0.05, 0) is 107 Å². The average molecular weight is 1460 g/mol. The van der Waals surface area contributed by atoms with Crippen molar-refractivity contribution < 1.29 is 74.2 Å². The fourth-order valence-corrected chi connectivity index (χ4v) is 13.4. The fraction of sp³-hybridized carbons (Fsp3) is 0.375. The third-order valence-electron chi connectivity index (χ3n) is 16.6. The molecule has 0 aliphatic carbocycles. The van der Waals surface area contributed by atoms with E-state index >= 15 is 0 Å². The Balaban J connectivity index is 0.000000175. The van der Waals surface area contributed by atoms with Crippen LogP contribution in [0.25, 0.3) is 11.1 Å². The number of carbonyl (C=O) groups excluding carboxylic acids is 5. The van der Waals surface area contributed by atoms with Gasteiger partial charge < -0.3 is 38.5 Å². The molecule has 11 rings (SSSR count). The number of nitrogens with one attached hydrogen (secondary N) is 2. The molecule has 2 N–H and O–H groups in total. The Hall–Kier alpha value is -10.8. The molecule has 31 heteroatoms. The summed E-state index contributed by atoms with van der Waals surface area (Å²) in [5, 5.41) is 14.2. The number of oxime groups is 2. The number of sulfone groups is 1. The standard InChI is InChI=1S/C23H32N2O4.C18H17NO3.C16H17N3O5S.C15H18N4O7S/c1-7-16-13-15(3)14-17(8-2)18(16)19-20(26)24-9-11-28-12-10-25(24)21(19)29-22(27)23(4,5)6;1-2-21-17(20)16-13-18(22-19-16,14-9-5-3-6-10-14)15-11-7-4-8-12-15;1-9-10(15(20)11-8-17-19(2)16(11)21)4-5-13(25(3,22)23)14(9)12-6-7-24-18-12;1-4-9-26-14-16-19(15(22)18(14)2)13(21)17-27(23,24)11-8-6-5-7-10(11)12(20)25-3/h13-14H,7-12H2,1-6H3;3-12H,2,13H2,1H3;4-5,8,17H,6-7H2,1-3H3;5-8H,4,9H2,1-3H3,(H,17,21). The number of aryl methyl sites for hydroxylation is 4. The third kappa shape index (κ3) is 17.4. The molecular weight excluding hydrogens is 1370 g/mol. The molecule has 29 nitrogen and oxygen atoms in total. The van der Waals surface area contributed by atoms with Crippen molar-refractivity contribution in [2.75, 3.05) is 46.4 Å². The number of aromatic nitrogens is 7. The minimum absolute atomic E-state index is 0.00623. The van der Waals surface area contributed by atoms with Crippen molar-refractivity contribution in [3.8, 4) is 23.0 Å². The zero-order chi connectivity index (χ0) is 75.3. The number of ether oxygens (including phenoxy) is 5. The van der Waals surface area contributed by atoms with E-state index in [-0.39, 0.29) is 45.7 Å². The lowest BCUT2D eigenvalue weighted by molar-refractivity contribution is -0.143. The van der Waals surface area contributed by atoms with Crippen molar-refractivity contribution in [3.05, 3.63) is 202 Å². The lowest BCUT2D eigenvalue weighted by Crippen LogP contribution is -2.40. The summed E-state index contributed by atoms with van der Waals surface area (Å²) in [6.45, 7) is 19.7. The van der Waals surface area contributed by atoms with E-state index in [0.29, 0.717) is 97.5 Å². The van der Waals surface area contributed by atoms with Crippen LogP contribution < -0.4 is 31.0 Å². The molecule has 8 aromatic rings. The lowest BCUT2D eigenvalue weighted by atomic mass is 9.82. The minimum Gasteiger partial charge on any atom is -0.465 e. The predicted octanol–water partition coefficient (Wildman–Crippen LogP) is 7.89. The molecule has 0 spiro atoms. The van der Waals surface area contributed by atoms with E-state index in [1.807, 2.05) is 88.4 Å². The number of amides is 1. The van der Waals surface area contributed by atoms with Crippen LogP contribution in [0.3, 0.4) is 0 Å². The number of nitrogens with zero attached hydrogens (tertiary/aromatic N) is 8. The van der Waals surface area contributed by atoms with Crippen LogP contribution in [0.5, 0.6) is 11.9 Å². The molecular formula is C72H84N10O19S2. The first-order chi connectivity index (χ1) is 48.9. The summed E-state index contributed by atoms with van der Waals surface area (Å²) in [4.78, 5) is 110. The Kier molecular flexibility index (Phi) is 25.2. The number of ketones is 1. The van der Waals surface area contributed by atoms with Crippen LogP contribution in [0.15, 0.2) is 150 Å². The number of carbonyl (C=O) groups is 5. The van der Waals surface area contributed by atoms with Crippen molar-refractivity contribution in [2.24, 2.45) is 29.8 Å². The van der Waals surface area contributed by atoms with Crippen molar-refractivity contribution >= 4 is 61.0 Å². The molecule has 0 unspecified atom stereocenters. The van der Waals surface area contributed by atoms with Gasteiger partial charge in [0, 0.05) is 55.2 Å². The second kappa shape index (κ2) is 33.3. The van der Waals surface area contributed by atoms with Gasteiger partial charge >= 0.3 is 35.6 Å². The molecule has 0 radical (unpaired) electrons. The monoisotopic (exact) mass is 1460 g/mol. The molecule has 5 aromatic carbocycles. The molecule has 0 atom stereocenters. The van der Waals surface area contributed by atoms with Crippen LogP contribution >= 0.6 is 0 Å². The van der Waals surface area contributed by atoms with E-state index in [9.17, 15) is 55.2 Å². The van der Waals surface area contributed by atoms with Gasteiger partial charge in [-0.1, -0.05) is 122 Å². The highest BCUT2D eigenvalue weighted by Crippen LogP contribution is 2.42. The summed E-state index contributed by atoms with van der Waals surface area (Å²) < 4.78 is 83.2. The lowest BCUT2D eigenvalue weighted by Gasteiger charge is -2.27. The van der Waals surface area contributed by atoms with Gasteiger partial charge in [-0.3, -0.25) is 23.9 Å². The van der Waals surface area contributed by atoms with Gasteiger partial charge in [-0.25, -0.2) is 54.7 Å². The number of hydrogen-bond donors (Lipinski definition) is 2. The maximum absolute atomic E-state index is 13.5. The number of methoxy groups -OCH3 is 1. The molecule has 0 fully saturated rings. The van der Waals surface area contributed by atoms with Crippen molar-refractivity contribution in [1.82, 2.24) is 38.2 Å². The van der Waals surface area contributed by atoms with Crippen LogP contribution in [0.1, 0.15) is 133 Å². The highest BCUT2D eigenvalue weighted by Gasteiger charge is 2.45. The first-order valence-electron chi connectivity index (χ1n) is 33.0. The van der Waals surface area contributed by atoms with Crippen LogP contribution in [-0.4, -0.2) is 138 Å². The largest absolute Gasteiger partial charge is 0.465 e. The highest BCUT2D eigenvalue weighted by molar-refractivity contribution is 7.91. The predicted molar refractivity (Wildman–Crippen MR) is 380 cm³/mol. The van der Waals surface area contributed by atoms with Gasteiger partial charge in [0.1, 0.15) is 22.6 Å². The van der Waals surface area contributed by atoms with E-state index in [1.54, 1.807) is 27.9 Å². The number of hydrogen-bond acceptors (Lipinski definition) is 22. The number of aromatic amines is 1. The van der Waals surface area contributed by atoms with Crippen LogP contribution in [0.4, 0.5) is 4.79 Å². The van der Waals surface area contributed by atoms with Crippen LogP contribution in [0.2, 0.25) is 0 Å². The second-order valence-electron chi connectivity index (χ2n) is 24.9. The molecule has 103 heavy (non-hydrogen) atoms. The van der Waals surface area contributed by atoms with Crippen LogP contribution in [0, 0.1) is 19.3 Å². The number of benzene rings is 5. The zero-order valence-corrected chi connectivity index (χ0v) is 61.2. The number of fused-ring (bicyclic) bond motifs is 1. The highest BCUT2D eigenvalue weighted by atomic mass is 32.2. The van der Waals surface area contributed by atoms with E-state index in [2.05, 4.69) is 58.1 Å². The Labute approximate surface area is 594 Å². The summed E-state index contributed by atoms with van der Waals surface area (Å²) in [6.07, 6.45) is 5.49. The van der Waals surface area contributed by atoms with E-state index in [1.165, 1.54) is 60.9 Å². The Morgan fingerprint density at radius 1 is 0.709 bits per heavy atom. The Morgan fingerprint density at radius 2 is 1.32 bits per heavy atom. The Bertz CT molecular complexity index is 4910. The average Bonchev–Trinajstić information content (AvgIpc) is 1.65. The molecule has 0 bridgehead atoms. The molecule has 3 aromatic heterocycles. The molecule has 3 aliphatic rings. The summed E-state index contributed by atoms with van der Waals surface area (Å²) in [6, 6.07) is 30.4. The third-order valence-corrected chi connectivity index (χ3v) is 19.1. The molecule has 0 saturated carbocycles. The summed E-state index contributed by atoms with van der Waals surface area (Å²) in [5.41, 5.74) is 5.42. The summed E-state index contributed by atoms with van der Waals surface area (Å²) in [7, 11) is -4.08. The fourth-order valence-electron chi connectivity index (χ4n) is 11.4. The van der Waals surface area contributed by atoms with Gasteiger partial charge in [-0.15, -0.1) is 9.78 Å². The van der Waals surface area contributed by atoms with Gasteiger partial charge in [0.15, 0.2) is 26.9 Å². The quantitative estimate of drug-likeness (QED) is 0.0609. The number of esters is 3. The van der Waals surface area contributed by atoms with Crippen molar-refractivity contribution in [2.45, 2.75) is 123 Å². The molecule has 0 saturated heterocycles. The topological polar surface area (TPSA) is 360 Å². The van der Waals surface area contributed by atoms with Gasteiger partial charge in [0.25, 0.3) is 21.1 Å². The summed E-state index contributed by atoms with van der Waals surface area (Å²) in [5.74, 6) is -1.80. The zero-order valence-electron chi connectivity index (χ0n) is 59.6. The van der Waals surface area contributed by atoms with Crippen molar-refractivity contribution in [3.63, 3.8) is 0 Å². The number of H-pyrrole nitrogens is 1. The first-order valence-corrected chi connectivity index (χ1v) is 36.4. The maximum atomic E-state index is 13.5. The number of sulfonamides is 1. The summed E-state index contributed by atoms with van der Waals surface area (Å²) >= 11 is 0. The Morgan fingerprint density at radius 3 is 1.86 bits per heavy atom. The van der Waals surface area contributed by atoms with Gasteiger partial charge in [0.05, 0.1) is 74.6 Å². The van der Waals surface area contributed by atoms with E-state index in [0.717, 1.165) is 64.7 Å². The number of rotatable bonds is 18. The van der Waals surface area contributed by atoms with E-state index in [4.69, 9.17) is 28.6 Å². The van der Waals surface area contributed by atoms with Gasteiger partial charge in [-0.2, -0.15) is 0 Å². The van der Waals surface area contributed by atoms with Crippen LogP contribution in [-0.2, 0) is 99.0 Å². The SMILES string of the molecule is CCCOc1nn(C(=O)NS(=O)(=O)c2ccccc2C(=O)OC)c(=O)n1C.CCOC(=O)C1=NOC(c2ccccc2)(c2ccccc2)C1.CCc1cc(C)cc(CC)c1-c1c(OC(=O)C(C)(C)C)n2n(c1=O)CCOCC2.Cc1c(C(=O)c2c[nH]n(C)c2=O)ccc(S(C)(=O)=O)c1C1=NOCC1. The molecule has 1 amide bonds. The normalized spacial score (nSPS) is 13.8. The second-order valence-corrected chi connectivity index (χ2v) is 28.5.